The van der Waals surface area contributed by atoms with Crippen molar-refractivity contribution in [2.75, 3.05) is 26.5 Å². The second-order valence-electron chi connectivity index (χ2n) is 5.77. The number of benzene rings is 2. The molecule has 0 aliphatic heterocycles. The van der Waals surface area contributed by atoms with Gasteiger partial charge in [-0.25, -0.2) is 0 Å². The highest BCUT2D eigenvalue weighted by Crippen LogP contribution is 2.17. The minimum Gasteiger partial charge on any atom is -0.496 e. The first-order chi connectivity index (χ1) is 12.4. The average Bonchev–Trinajstić information content (AvgIpc) is 2.63. The van der Waals surface area contributed by atoms with Crippen LogP contribution >= 0.6 is 12.2 Å². The first-order valence-electron chi connectivity index (χ1n) is 7.95. The van der Waals surface area contributed by atoms with Gasteiger partial charge in [-0.05, 0) is 42.0 Å². The second-order valence-corrected chi connectivity index (χ2v) is 6.18. The van der Waals surface area contributed by atoms with Crippen LogP contribution in [0.5, 0.6) is 5.75 Å². The minimum absolute atomic E-state index is 0.0327. The lowest BCUT2D eigenvalue weighted by atomic mass is 10.1. The largest absolute Gasteiger partial charge is 0.496 e. The van der Waals surface area contributed by atoms with Gasteiger partial charge < -0.3 is 15.0 Å². The number of carbonyl (C=O) groups excluding carboxylic acids is 2. The molecule has 0 aliphatic rings. The van der Waals surface area contributed by atoms with Gasteiger partial charge in [0.2, 0.25) is 5.91 Å². The molecule has 0 saturated carbocycles. The first kappa shape index (κ1) is 19.4. The number of thiocarbonyl (C=S) groups is 1. The summed E-state index contributed by atoms with van der Waals surface area (Å²) in [6.45, 7) is 0. The SMILES string of the molecule is COc1ccccc1C(=O)NC(=S)Nc1ccc(CC(=O)N(C)C)cc1. The van der Waals surface area contributed by atoms with Crippen LogP contribution in [0.4, 0.5) is 5.69 Å². The Morgan fingerprint density at radius 1 is 1.08 bits per heavy atom. The van der Waals surface area contributed by atoms with Gasteiger partial charge in [-0.3, -0.25) is 14.9 Å². The van der Waals surface area contributed by atoms with Gasteiger partial charge in [0.1, 0.15) is 5.75 Å². The standard InChI is InChI=1S/C19H21N3O3S/c1-22(2)17(23)12-13-8-10-14(11-9-13)20-19(26)21-18(24)15-6-4-5-7-16(15)25-3/h4-11H,12H2,1-3H3,(H2,20,21,24,26). The van der Waals surface area contributed by atoms with Gasteiger partial charge in [-0.2, -0.15) is 0 Å². The maximum atomic E-state index is 12.3. The molecule has 0 spiro atoms. The zero-order chi connectivity index (χ0) is 19.1. The fourth-order valence-corrected chi connectivity index (χ4v) is 2.41. The third kappa shape index (κ3) is 5.29. The lowest BCUT2D eigenvalue weighted by Crippen LogP contribution is -2.34. The Morgan fingerprint density at radius 2 is 1.73 bits per heavy atom. The molecule has 2 aromatic carbocycles. The Bertz CT molecular complexity index is 804. The number of para-hydroxylation sites is 1. The number of amides is 2. The second kappa shape index (κ2) is 8.96. The zero-order valence-electron chi connectivity index (χ0n) is 14.9. The zero-order valence-corrected chi connectivity index (χ0v) is 15.7. The van der Waals surface area contributed by atoms with E-state index in [2.05, 4.69) is 10.6 Å². The van der Waals surface area contributed by atoms with E-state index in [9.17, 15) is 9.59 Å². The molecule has 7 heteroatoms. The van der Waals surface area contributed by atoms with E-state index in [0.29, 0.717) is 17.7 Å². The van der Waals surface area contributed by atoms with Crippen LogP contribution in [0.2, 0.25) is 0 Å². The van der Waals surface area contributed by atoms with Crippen molar-refractivity contribution < 1.29 is 14.3 Å². The molecule has 0 aromatic heterocycles. The van der Waals surface area contributed by atoms with Crippen molar-refractivity contribution in [3.8, 4) is 5.75 Å². The Balaban J connectivity index is 1.95. The summed E-state index contributed by atoms with van der Waals surface area (Å²) in [6, 6.07) is 14.2. The van der Waals surface area contributed by atoms with Crippen LogP contribution in [0.3, 0.4) is 0 Å². The van der Waals surface area contributed by atoms with Gasteiger partial charge >= 0.3 is 0 Å². The van der Waals surface area contributed by atoms with Crippen molar-refractivity contribution in [3.63, 3.8) is 0 Å². The molecule has 0 heterocycles. The number of ether oxygens (including phenoxy) is 1. The Labute approximate surface area is 158 Å². The molecule has 2 amide bonds. The highest BCUT2D eigenvalue weighted by molar-refractivity contribution is 7.80. The molecule has 0 atom stereocenters. The van der Waals surface area contributed by atoms with E-state index in [1.165, 1.54) is 7.11 Å². The molecule has 0 saturated heterocycles. The maximum absolute atomic E-state index is 12.3. The number of likely N-dealkylation sites (N-methyl/N-ethyl adjacent to an activating group) is 1. The fourth-order valence-electron chi connectivity index (χ4n) is 2.20. The number of nitrogens with zero attached hydrogens (tertiary/aromatic N) is 1. The fraction of sp³-hybridized carbons (Fsp3) is 0.211. The van der Waals surface area contributed by atoms with Gasteiger partial charge in [-0.15, -0.1) is 0 Å². The summed E-state index contributed by atoms with van der Waals surface area (Å²) in [5, 5.41) is 5.75. The lowest BCUT2D eigenvalue weighted by molar-refractivity contribution is -0.127. The van der Waals surface area contributed by atoms with Crippen molar-refractivity contribution in [2.24, 2.45) is 0 Å². The van der Waals surface area contributed by atoms with E-state index in [0.717, 1.165) is 11.3 Å². The average molecular weight is 371 g/mol. The van der Waals surface area contributed by atoms with E-state index in [1.807, 2.05) is 12.1 Å². The predicted octanol–water partition coefficient (Wildman–Crippen LogP) is 2.45. The normalized spacial score (nSPS) is 9.96. The van der Waals surface area contributed by atoms with Gasteiger partial charge in [0.05, 0.1) is 19.1 Å². The molecule has 2 rings (SSSR count). The van der Waals surface area contributed by atoms with E-state index in [-0.39, 0.29) is 16.9 Å². The summed E-state index contributed by atoms with van der Waals surface area (Å²) in [6.07, 6.45) is 0.336. The van der Waals surface area contributed by atoms with Crippen LogP contribution in [0.1, 0.15) is 15.9 Å². The lowest BCUT2D eigenvalue weighted by Gasteiger charge is -2.12. The van der Waals surface area contributed by atoms with Crippen molar-refractivity contribution in [3.05, 3.63) is 59.7 Å². The van der Waals surface area contributed by atoms with Gasteiger partial charge in [-0.1, -0.05) is 24.3 Å². The Hall–Kier alpha value is -2.93. The van der Waals surface area contributed by atoms with Gasteiger partial charge in [0.25, 0.3) is 5.91 Å². The molecule has 0 unspecified atom stereocenters. The molecule has 0 aliphatic carbocycles. The van der Waals surface area contributed by atoms with Crippen molar-refractivity contribution in [1.29, 1.82) is 0 Å². The number of hydrogen-bond donors (Lipinski definition) is 2. The molecule has 26 heavy (non-hydrogen) atoms. The summed E-state index contributed by atoms with van der Waals surface area (Å²) in [7, 11) is 4.95. The molecular weight excluding hydrogens is 350 g/mol. The quantitative estimate of drug-likeness (QED) is 0.790. The summed E-state index contributed by atoms with van der Waals surface area (Å²) in [5.41, 5.74) is 2.02. The Morgan fingerprint density at radius 3 is 2.35 bits per heavy atom. The Kier molecular flexibility index (Phi) is 6.68. The predicted molar refractivity (Wildman–Crippen MR) is 106 cm³/mol. The minimum atomic E-state index is -0.354. The van der Waals surface area contributed by atoms with Crippen molar-refractivity contribution in [1.82, 2.24) is 10.2 Å². The van der Waals surface area contributed by atoms with Crippen LogP contribution in [0.15, 0.2) is 48.5 Å². The summed E-state index contributed by atoms with van der Waals surface area (Å²) >= 11 is 5.18. The molecule has 0 fully saturated rings. The number of hydrogen-bond acceptors (Lipinski definition) is 4. The summed E-state index contributed by atoms with van der Waals surface area (Å²) in [5.74, 6) is 0.154. The van der Waals surface area contributed by atoms with Crippen LogP contribution in [-0.2, 0) is 11.2 Å². The van der Waals surface area contributed by atoms with Crippen LogP contribution < -0.4 is 15.4 Å². The number of rotatable bonds is 5. The van der Waals surface area contributed by atoms with Crippen LogP contribution in [0.25, 0.3) is 0 Å². The summed E-state index contributed by atoms with van der Waals surface area (Å²) in [4.78, 5) is 25.6. The van der Waals surface area contributed by atoms with Crippen molar-refractivity contribution >= 4 is 34.8 Å². The van der Waals surface area contributed by atoms with E-state index in [4.69, 9.17) is 17.0 Å². The molecule has 2 N–H and O–H groups in total. The highest BCUT2D eigenvalue weighted by Gasteiger charge is 2.13. The van der Waals surface area contributed by atoms with E-state index < -0.39 is 0 Å². The van der Waals surface area contributed by atoms with Crippen LogP contribution in [-0.4, -0.2) is 43.0 Å². The van der Waals surface area contributed by atoms with Crippen molar-refractivity contribution in [2.45, 2.75) is 6.42 Å². The van der Waals surface area contributed by atoms with E-state index >= 15 is 0 Å². The monoisotopic (exact) mass is 371 g/mol. The third-order valence-electron chi connectivity index (χ3n) is 3.64. The summed E-state index contributed by atoms with van der Waals surface area (Å²) < 4.78 is 5.17. The number of anilines is 1. The smallest absolute Gasteiger partial charge is 0.261 e. The first-order valence-corrected chi connectivity index (χ1v) is 8.36. The van der Waals surface area contributed by atoms with Gasteiger partial charge in [0.15, 0.2) is 5.11 Å². The number of carbonyl (C=O) groups is 2. The topological polar surface area (TPSA) is 70.7 Å². The van der Waals surface area contributed by atoms with E-state index in [1.54, 1.807) is 55.4 Å². The molecule has 136 valence electrons. The highest BCUT2D eigenvalue weighted by atomic mass is 32.1. The van der Waals surface area contributed by atoms with Gasteiger partial charge in [0, 0.05) is 19.8 Å². The molecular formula is C19H21N3O3S. The molecule has 0 bridgehead atoms. The molecule has 0 radical (unpaired) electrons. The number of nitrogens with one attached hydrogen (secondary N) is 2. The molecule has 6 nitrogen and oxygen atoms in total. The maximum Gasteiger partial charge on any atom is 0.261 e. The third-order valence-corrected chi connectivity index (χ3v) is 3.85. The van der Waals surface area contributed by atoms with Crippen LogP contribution in [0, 0.1) is 0 Å². The molecule has 2 aromatic rings. The number of methoxy groups -OCH3 is 1.